The Morgan fingerprint density at radius 2 is 1.92 bits per heavy atom. The van der Waals surface area contributed by atoms with Gasteiger partial charge >= 0.3 is 6.03 Å². The molecule has 6 heteroatoms. The van der Waals surface area contributed by atoms with Gasteiger partial charge in [-0.15, -0.1) is 11.3 Å². The number of furan rings is 1. The topological polar surface area (TPSA) is 74.5 Å². The molecule has 0 bridgehead atoms. The predicted octanol–water partition coefficient (Wildman–Crippen LogP) is 3.12. The van der Waals surface area contributed by atoms with E-state index in [0.717, 1.165) is 12.0 Å². The largest absolute Gasteiger partial charge is 0.466 e. The van der Waals surface area contributed by atoms with E-state index < -0.39 is 5.60 Å². The van der Waals surface area contributed by atoms with E-state index in [4.69, 9.17) is 4.42 Å². The molecule has 1 unspecified atom stereocenters. The summed E-state index contributed by atoms with van der Waals surface area (Å²) in [6.07, 6.45) is 2.26. The molecule has 5 nitrogen and oxygen atoms in total. The van der Waals surface area contributed by atoms with Crippen molar-refractivity contribution in [3.63, 3.8) is 0 Å². The fourth-order valence-electron chi connectivity index (χ4n) is 2.56. The zero-order valence-electron chi connectivity index (χ0n) is 13.6. The van der Waals surface area contributed by atoms with Gasteiger partial charge in [0.25, 0.3) is 0 Å². The van der Waals surface area contributed by atoms with E-state index in [1.165, 1.54) is 17.6 Å². The second-order valence-corrected chi connectivity index (χ2v) is 6.61. The van der Waals surface area contributed by atoms with Crippen molar-refractivity contribution in [1.82, 2.24) is 10.6 Å². The fraction of sp³-hybridized carbons (Fsp3) is 0.211. The number of hydrogen-bond acceptors (Lipinski definition) is 4. The third-order valence-electron chi connectivity index (χ3n) is 3.90. The smallest absolute Gasteiger partial charge is 0.314 e. The molecule has 2 amide bonds. The standard InChI is InChI=1S/C19H20N2O3S/c22-18(20-11-10-15-6-2-1-3-7-15)21-14-19(23,16-8-4-12-24-16)17-9-5-13-25-17/h1-9,12-13,23H,10-11,14H2,(H2,20,21,22). The Labute approximate surface area is 150 Å². The number of benzene rings is 1. The van der Waals surface area contributed by atoms with E-state index in [1.54, 1.807) is 12.1 Å². The summed E-state index contributed by atoms with van der Waals surface area (Å²) >= 11 is 1.41. The number of hydrogen-bond donors (Lipinski definition) is 3. The lowest BCUT2D eigenvalue weighted by atomic mass is 9.99. The van der Waals surface area contributed by atoms with Crippen LogP contribution in [0.15, 0.2) is 70.7 Å². The van der Waals surface area contributed by atoms with Crippen LogP contribution in [0.1, 0.15) is 16.2 Å². The minimum absolute atomic E-state index is 0.0260. The average Bonchev–Trinajstić information content (AvgIpc) is 3.34. The lowest BCUT2D eigenvalue weighted by molar-refractivity contribution is 0.0623. The zero-order chi connectivity index (χ0) is 17.5. The summed E-state index contributed by atoms with van der Waals surface area (Å²) in [5.41, 5.74) is -0.220. The zero-order valence-corrected chi connectivity index (χ0v) is 14.5. The van der Waals surface area contributed by atoms with Crippen LogP contribution in [0.25, 0.3) is 0 Å². The van der Waals surface area contributed by atoms with Crippen LogP contribution in [0.3, 0.4) is 0 Å². The fourth-order valence-corrected chi connectivity index (χ4v) is 3.39. The van der Waals surface area contributed by atoms with Crippen molar-refractivity contribution in [1.29, 1.82) is 0 Å². The monoisotopic (exact) mass is 356 g/mol. The first kappa shape index (κ1) is 17.3. The quantitative estimate of drug-likeness (QED) is 0.609. The highest BCUT2D eigenvalue weighted by atomic mass is 32.1. The summed E-state index contributed by atoms with van der Waals surface area (Å²) in [5.74, 6) is 0.402. The normalized spacial score (nSPS) is 13.2. The molecule has 0 fully saturated rings. The van der Waals surface area contributed by atoms with Crippen LogP contribution in [0, 0.1) is 0 Å². The molecule has 3 N–H and O–H groups in total. The van der Waals surface area contributed by atoms with Crippen LogP contribution in [0.4, 0.5) is 4.79 Å². The summed E-state index contributed by atoms with van der Waals surface area (Å²) in [5, 5.41) is 18.5. The maximum Gasteiger partial charge on any atom is 0.314 e. The number of amides is 2. The van der Waals surface area contributed by atoms with Crippen molar-refractivity contribution < 1.29 is 14.3 Å². The maximum absolute atomic E-state index is 12.1. The maximum atomic E-state index is 12.1. The van der Waals surface area contributed by atoms with Crippen molar-refractivity contribution in [2.75, 3.05) is 13.1 Å². The average molecular weight is 356 g/mol. The second kappa shape index (κ2) is 8.00. The van der Waals surface area contributed by atoms with Gasteiger partial charge in [-0.05, 0) is 35.6 Å². The lowest BCUT2D eigenvalue weighted by Gasteiger charge is -2.25. The Hall–Kier alpha value is -2.57. The number of nitrogens with one attached hydrogen (secondary N) is 2. The lowest BCUT2D eigenvalue weighted by Crippen LogP contribution is -2.45. The second-order valence-electron chi connectivity index (χ2n) is 5.66. The Morgan fingerprint density at radius 3 is 2.60 bits per heavy atom. The Balaban J connectivity index is 1.55. The van der Waals surface area contributed by atoms with Crippen molar-refractivity contribution in [2.45, 2.75) is 12.0 Å². The molecule has 25 heavy (non-hydrogen) atoms. The molecule has 1 atom stereocenters. The van der Waals surface area contributed by atoms with E-state index in [2.05, 4.69) is 10.6 Å². The molecule has 0 aliphatic carbocycles. The van der Waals surface area contributed by atoms with Crippen LogP contribution in [0.5, 0.6) is 0 Å². The molecule has 130 valence electrons. The minimum atomic E-state index is -1.38. The number of aliphatic hydroxyl groups is 1. The summed E-state index contributed by atoms with van der Waals surface area (Å²) in [6, 6.07) is 16.7. The molecule has 3 aromatic rings. The van der Waals surface area contributed by atoms with Crippen molar-refractivity contribution in [2.24, 2.45) is 0 Å². The van der Waals surface area contributed by atoms with Crippen molar-refractivity contribution in [3.8, 4) is 0 Å². The Kier molecular flexibility index (Phi) is 5.53. The van der Waals surface area contributed by atoms with E-state index in [0.29, 0.717) is 17.2 Å². The SMILES string of the molecule is O=C(NCCc1ccccc1)NCC(O)(c1ccco1)c1cccs1. The van der Waals surface area contributed by atoms with Crippen LogP contribution in [-0.4, -0.2) is 24.2 Å². The molecular weight excluding hydrogens is 336 g/mol. The molecule has 0 saturated heterocycles. The predicted molar refractivity (Wildman–Crippen MR) is 97.6 cm³/mol. The van der Waals surface area contributed by atoms with Crippen LogP contribution in [0.2, 0.25) is 0 Å². The number of rotatable bonds is 7. The Bertz CT molecular complexity index is 736. The summed E-state index contributed by atoms with van der Waals surface area (Å²) < 4.78 is 5.38. The van der Waals surface area contributed by atoms with Gasteiger partial charge in [0.15, 0.2) is 5.60 Å². The minimum Gasteiger partial charge on any atom is -0.466 e. The molecule has 1 aromatic carbocycles. The summed E-state index contributed by atoms with van der Waals surface area (Å²) in [6.45, 7) is 0.548. The molecule has 0 aliphatic rings. The van der Waals surface area contributed by atoms with Crippen LogP contribution in [-0.2, 0) is 12.0 Å². The van der Waals surface area contributed by atoms with Gasteiger partial charge in [0, 0.05) is 11.4 Å². The molecule has 0 saturated carbocycles. The van der Waals surface area contributed by atoms with Gasteiger partial charge < -0.3 is 20.2 Å². The van der Waals surface area contributed by atoms with E-state index in [1.807, 2.05) is 47.8 Å². The number of carbonyl (C=O) groups excluding carboxylic acids is 1. The summed E-state index contributed by atoms with van der Waals surface area (Å²) in [4.78, 5) is 12.8. The first-order valence-corrected chi connectivity index (χ1v) is 8.92. The molecule has 0 aliphatic heterocycles. The van der Waals surface area contributed by atoms with Gasteiger partial charge in [-0.1, -0.05) is 36.4 Å². The highest BCUT2D eigenvalue weighted by Crippen LogP contribution is 2.32. The van der Waals surface area contributed by atoms with Gasteiger partial charge in [-0.3, -0.25) is 0 Å². The van der Waals surface area contributed by atoms with E-state index in [-0.39, 0.29) is 12.6 Å². The Morgan fingerprint density at radius 1 is 1.08 bits per heavy atom. The molecule has 0 spiro atoms. The van der Waals surface area contributed by atoms with Crippen LogP contribution >= 0.6 is 11.3 Å². The first-order chi connectivity index (χ1) is 12.2. The van der Waals surface area contributed by atoms with Gasteiger partial charge in [-0.25, -0.2) is 4.79 Å². The van der Waals surface area contributed by atoms with Gasteiger partial charge in [0.05, 0.1) is 12.8 Å². The molecule has 2 aromatic heterocycles. The molecule has 3 rings (SSSR count). The van der Waals surface area contributed by atoms with E-state index >= 15 is 0 Å². The highest BCUT2D eigenvalue weighted by Gasteiger charge is 2.36. The number of thiophene rings is 1. The van der Waals surface area contributed by atoms with Crippen LogP contribution < -0.4 is 10.6 Å². The number of carbonyl (C=O) groups is 1. The first-order valence-electron chi connectivity index (χ1n) is 8.04. The third-order valence-corrected chi connectivity index (χ3v) is 4.93. The number of urea groups is 1. The molecule has 2 heterocycles. The van der Waals surface area contributed by atoms with Gasteiger partial charge in [0.2, 0.25) is 0 Å². The van der Waals surface area contributed by atoms with Gasteiger partial charge in [-0.2, -0.15) is 0 Å². The van der Waals surface area contributed by atoms with Crippen molar-refractivity contribution in [3.05, 3.63) is 82.4 Å². The van der Waals surface area contributed by atoms with Crippen molar-refractivity contribution >= 4 is 17.4 Å². The highest BCUT2D eigenvalue weighted by molar-refractivity contribution is 7.10. The van der Waals surface area contributed by atoms with E-state index in [9.17, 15) is 9.90 Å². The van der Waals surface area contributed by atoms with Gasteiger partial charge in [0.1, 0.15) is 5.76 Å². The molecule has 0 radical (unpaired) electrons. The molecular formula is C19H20N2O3S. The third kappa shape index (κ3) is 4.29. The summed E-state index contributed by atoms with van der Waals surface area (Å²) in [7, 11) is 0.